The number of benzene rings is 2. The topological polar surface area (TPSA) is 130 Å². The van der Waals surface area contributed by atoms with Gasteiger partial charge < -0.3 is 28.8 Å². The van der Waals surface area contributed by atoms with Crippen molar-refractivity contribution in [1.82, 2.24) is 14.9 Å². The SMILES string of the molecule is COC(=O)Nc1ccc(-c2cn(COCC[Si](C)(C)C)c(C(CC(=O)OCc3ccccc3)NC(=O)OC(C)(C)C)n2)c(Br)c1. The molecule has 3 aromatic rings. The highest BCUT2D eigenvalue weighted by Gasteiger charge is 2.28. The molecule has 11 nitrogen and oxygen atoms in total. The van der Waals surface area contributed by atoms with Gasteiger partial charge in [0.1, 0.15) is 30.8 Å². The van der Waals surface area contributed by atoms with Gasteiger partial charge in [-0.05, 0) is 50.6 Å². The van der Waals surface area contributed by atoms with Crippen LogP contribution in [0.15, 0.2) is 59.2 Å². The molecule has 0 aliphatic carbocycles. The Morgan fingerprint density at radius 3 is 2.38 bits per heavy atom. The van der Waals surface area contributed by atoms with Crippen LogP contribution >= 0.6 is 15.9 Å². The summed E-state index contributed by atoms with van der Waals surface area (Å²) in [6, 6.07) is 14.7. The molecule has 0 bridgehead atoms. The molecule has 1 heterocycles. The number of alkyl carbamates (subject to hydrolysis) is 1. The van der Waals surface area contributed by atoms with E-state index < -0.39 is 37.9 Å². The highest BCUT2D eigenvalue weighted by Crippen LogP contribution is 2.32. The van der Waals surface area contributed by atoms with Crippen molar-refractivity contribution >= 4 is 47.8 Å². The van der Waals surface area contributed by atoms with Gasteiger partial charge in [-0.2, -0.15) is 0 Å². The molecule has 244 valence electrons. The van der Waals surface area contributed by atoms with Crippen molar-refractivity contribution in [3.8, 4) is 11.3 Å². The van der Waals surface area contributed by atoms with E-state index in [1.54, 1.807) is 49.7 Å². The van der Waals surface area contributed by atoms with Crippen LogP contribution < -0.4 is 10.6 Å². The number of nitrogens with one attached hydrogen (secondary N) is 2. The average molecular weight is 704 g/mol. The fourth-order valence-electron chi connectivity index (χ4n) is 4.07. The van der Waals surface area contributed by atoms with Crippen LogP contribution in [0.1, 0.15) is 44.6 Å². The zero-order chi connectivity index (χ0) is 33.2. The molecule has 1 atom stereocenters. The predicted octanol–water partition coefficient (Wildman–Crippen LogP) is 7.50. The summed E-state index contributed by atoms with van der Waals surface area (Å²) in [4.78, 5) is 42.6. The standard InChI is InChI=1S/C32H43BrN4O7Si/c1-32(2,3)44-31(40)36-26(18-28(38)43-20-22-11-9-8-10-12-22)29-35-27(19-37(29)21-42-15-16-45(5,6)7)24-14-13-23(17-25(24)33)34-30(39)41-4/h8-14,17,19,26H,15-16,18,20-21H2,1-7H3,(H,34,39)(H,36,40). The number of rotatable bonds is 13. The van der Waals surface area contributed by atoms with E-state index >= 15 is 0 Å². The molecular formula is C32H43BrN4O7Si. The van der Waals surface area contributed by atoms with Gasteiger partial charge in [0.15, 0.2) is 0 Å². The summed E-state index contributed by atoms with van der Waals surface area (Å²) in [6.45, 7) is 12.9. The third-order valence-corrected chi connectivity index (χ3v) is 8.69. The molecule has 0 aliphatic heterocycles. The average Bonchev–Trinajstić information content (AvgIpc) is 3.36. The van der Waals surface area contributed by atoms with E-state index in [1.807, 2.05) is 30.3 Å². The molecule has 2 aromatic carbocycles. The lowest BCUT2D eigenvalue weighted by atomic mass is 10.1. The Kier molecular flexibility index (Phi) is 12.8. The maximum atomic E-state index is 13.1. The lowest BCUT2D eigenvalue weighted by molar-refractivity contribution is -0.145. The van der Waals surface area contributed by atoms with Gasteiger partial charge in [-0.25, -0.2) is 14.6 Å². The number of aromatic nitrogens is 2. The fourth-order valence-corrected chi connectivity index (χ4v) is 5.41. The van der Waals surface area contributed by atoms with Crippen LogP contribution in [0, 0.1) is 0 Å². The van der Waals surface area contributed by atoms with Gasteiger partial charge in [-0.3, -0.25) is 10.1 Å². The minimum atomic E-state index is -1.34. The molecule has 2 amide bonds. The molecule has 2 N–H and O–H groups in total. The monoisotopic (exact) mass is 702 g/mol. The molecule has 0 aliphatic rings. The maximum absolute atomic E-state index is 13.1. The summed E-state index contributed by atoms with van der Waals surface area (Å²) in [6.07, 6.45) is 0.322. The highest BCUT2D eigenvalue weighted by atomic mass is 79.9. The fraction of sp³-hybridized carbons (Fsp3) is 0.438. The van der Waals surface area contributed by atoms with Crippen molar-refractivity contribution in [3.63, 3.8) is 0 Å². The van der Waals surface area contributed by atoms with Crippen molar-refractivity contribution in [1.29, 1.82) is 0 Å². The Bertz CT molecular complexity index is 1450. The summed E-state index contributed by atoms with van der Waals surface area (Å²) in [5.41, 5.74) is 1.89. The zero-order valence-electron chi connectivity index (χ0n) is 26.9. The number of ether oxygens (including phenoxy) is 4. The summed E-state index contributed by atoms with van der Waals surface area (Å²) < 4.78 is 24.3. The van der Waals surface area contributed by atoms with Crippen LogP contribution in [0.4, 0.5) is 15.3 Å². The smallest absolute Gasteiger partial charge is 0.411 e. The zero-order valence-corrected chi connectivity index (χ0v) is 29.5. The maximum Gasteiger partial charge on any atom is 0.411 e. The Morgan fingerprint density at radius 1 is 1.04 bits per heavy atom. The molecule has 1 aromatic heterocycles. The number of carbonyl (C=O) groups excluding carboxylic acids is 3. The number of imidazole rings is 1. The van der Waals surface area contributed by atoms with E-state index in [9.17, 15) is 14.4 Å². The lowest BCUT2D eigenvalue weighted by Gasteiger charge is -2.24. The Balaban J connectivity index is 1.96. The van der Waals surface area contributed by atoms with Crippen LogP contribution in [0.3, 0.4) is 0 Å². The number of nitrogens with zero attached hydrogens (tertiary/aromatic N) is 2. The van der Waals surface area contributed by atoms with Crippen LogP contribution in [-0.4, -0.2) is 55.1 Å². The number of halogens is 1. The molecule has 0 saturated heterocycles. The van der Waals surface area contributed by atoms with Crippen molar-refractivity contribution in [2.45, 2.75) is 77.9 Å². The Labute approximate surface area is 274 Å². The molecule has 13 heteroatoms. The van der Waals surface area contributed by atoms with Crippen LogP contribution in [0.5, 0.6) is 0 Å². The number of anilines is 1. The molecule has 0 saturated carbocycles. The third-order valence-electron chi connectivity index (χ3n) is 6.33. The molecule has 0 spiro atoms. The Morgan fingerprint density at radius 2 is 1.76 bits per heavy atom. The molecule has 1 unspecified atom stereocenters. The first kappa shape index (κ1) is 35.8. The molecular weight excluding hydrogens is 660 g/mol. The van der Waals surface area contributed by atoms with Gasteiger partial charge in [-0.1, -0.05) is 65.9 Å². The number of carbonyl (C=O) groups is 3. The lowest BCUT2D eigenvalue weighted by Crippen LogP contribution is -2.37. The first-order valence-corrected chi connectivity index (χ1v) is 19.1. The number of hydrogen-bond acceptors (Lipinski definition) is 8. The summed E-state index contributed by atoms with van der Waals surface area (Å²) in [7, 11) is -0.0496. The minimum Gasteiger partial charge on any atom is -0.461 e. The van der Waals surface area contributed by atoms with Crippen LogP contribution in [0.2, 0.25) is 25.7 Å². The Hall–Kier alpha value is -3.68. The molecule has 45 heavy (non-hydrogen) atoms. The minimum absolute atomic E-state index is 0.0945. The normalized spacial score (nSPS) is 12.3. The summed E-state index contributed by atoms with van der Waals surface area (Å²) >= 11 is 3.58. The summed E-state index contributed by atoms with van der Waals surface area (Å²) in [5.74, 6) is -0.126. The van der Waals surface area contributed by atoms with Crippen molar-refractivity contribution in [2.75, 3.05) is 19.0 Å². The molecule has 0 radical (unpaired) electrons. The van der Waals surface area contributed by atoms with Gasteiger partial charge in [0.25, 0.3) is 0 Å². The number of esters is 1. The van der Waals surface area contributed by atoms with E-state index in [0.717, 1.165) is 17.2 Å². The van der Waals surface area contributed by atoms with E-state index in [1.165, 1.54) is 7.11 Å². The van der Waals surface area contributed by atoms with E-state index in [4.69, 9.17) is 19.2 Å². The van der Waals surface area contributed by atoms with Gasteiger partial charge in [-0.15, -0.1) is 0 Å². The van der Waals surface area contributed by atoms with Crippen molar-refractivity contribution < 1.29 is 33.3 Å². The van der Waals surface area contributed by atoms with Crippen LogP contribution in [0.25, 0.3) is 11.3 Å². The second-order valence-corrected chi connectivity index (χ2v) is 19.1. The largest absolute Gasteiger partial charge is 0.461 e. The van der Waals surface area contributed by atoms with Crippen molar-refractivity contribution in [2.24, 2.45) is 0 Å². The van der Waals surface area contributed by atoms with E-state index in [2.05, 4.69) is 50.9 Å². The van der Waals surface area contributed by atoms with E-state index in [-0.39, 0.29) is 19.8 Å². The number of methoxy groups -OCH3 is 1. The second kappa shape index (κ2) is 16.0. The van der Waals surface area contributed by atoms with Gasteiger partial charge in [0, 0.05) is 36.6 Å². The molecule has 3 rings (SSSR count). The number of hydrogen-bond donors (Lipinski definition) is 2. The van der Waals surface area contributed by atoms with Crippen LogP contribution in [-0.2, 0) is 37.1 Å². The highest BCUT2D eigenvalue weighted by molar-refractivity contribution is 9.10. The third kappa shape index (κ3) is 12.3. The molecule has 0 fully saturated rings. The summed E-state index contributed by atoms with van der Waals surface area (Å²) in [5, 5.41) is 5.45. The van der Waals surface area contributed by atoms with Gasteiger partial charge in [0.05, 0.1) is 19.2 Å². The van der Waals surface area contributed by atoms with Crippen molar-refractivity contribution in [3.05, 3.63) is 70.6 Å². The number of amides is 2. The second-order valence-electron chi connectivity index (χ2n) is 12.7. The first-order valence-electron chi connectivity index (χ1n) is 14.6. The van der Waals surface area contributed by atoms with Gasteiger partial charge in [0.2, 0.25) is 0 Å². The predicted molar refractivity (Wildman–Crippen MR) is 178 cm³/mol. The quantitative estimate of drug-likeness (QED) is 0.0811. The van der Waals surface area contributed by atoms with Gasteiger partial charge >= 0.3 is 18.2 Å². The first-order chi connectivity index (χ1) is 21.1. The van der Waals surface area contributed by atoms with E-state index in [0.29, 0.717) is 28.3 Å².